The van der Waals surface area contributed by atoms with Crippen molar-refractivity contribution in [1.29, 1.82) is 0 Å². The topological polar surface area (TPSA) is 47.7 Å². The van der Waals surface area contributed by atoms with Crippen LogP contribution in [0.3, 0.4) is 0 Å². The van der Waals surface area contributed by atoms with E-state index in [1.54, 1.807) is 19.2 Å². The number of para-hydroxylation sites is 1. The van der Waals surface area contributed by atoms with Crippen LogP contribution in [0.1, 0.15) is 25.3 Å². The summed E-state index contributed by atoms with van der Waals surface area (Å²) in [6, 6.07) is 14.6. The first kappa shape index (κ1) is 15.0. The number of nitrogens with zero attached hydrogens (tertiary/aromatic N) is 2. The molecule has 0 aliphatic rings. The summed E-state index contributed by atoms with van der Waals surface area (Å²) in [4.78, 5) is 0.657. The van der Waals surface area contributed by atoms with Crippen LogP contribution < -0.4 is 4.74 Å². The summed E-state index contributed by atoms with van der Waals surface area (Å²) >= 11 is 0. The van der Waals surface area contributed by atoms with Gasteiger partial charge in [0.1, 0.15) is 11.4 Å². The first-order chi connectivity index (χ1) is 10.3. The lowest BCUT2D eigenvalue weighted by atomic mass is 10.1. The second-order valence-electron chi connectivity index (χ2n) is 4.77. The number of hydrogen-bond acceptors (Lipinski definition) is 3. The van der Waals surface area contributed by atoms with E-state index < -0.39 is 0 Å². The molecule has 0 atom stereocenters. The Kier molecular flexibility index (Phi) is 5.32. The van der Waals surface area contributed by atoms with Crippen LogP contribution in [0, 0.1) is 5.21 Å². The molecule has 0 aromatic heterocycles. The van der Waals surface area contributed by atoms with Crippen molar-refractivity contribution in [2.45, 2.75) is 26.2 Å². The minimum absolute atomic E-state index is 0.516. The molecule has 0 amide bonds. The van der Waals surface area contributed by atoms with Gasteiger partial charge >= 0.3 is 0 Å². The third kappa shape index (κ3) is 3.81. The van der Waals surface area contributed by atoms with Crippen molar-refractivity contribution in [3.8, 4) is 5.75 Å². The Morgan fingerprint density at radius 2 is 1.86 bits per heavy atom. The van der Waals surface area contributed by atoms with Crippen LogP contribution in [0.2, 0.25) is 0 Å². The van der Waals surface area contributed by atoms with E-state index in [0.29, 0.717) is 16.2 Å². The predicted molar refractivity (Wildman–Crippen MR) is 83.4 cm³/mol. The molecule has 0 fully saturated rings. The van der Waals surface area contributed by atoms with E-state index >= 15 is 0 Å². The average molecular weight is 284 g/mol. The van der Waals surface area contributed by atoms with Gasteiger partial charge in [-0.25, -0.2) is 0 Å². The van der Waals surface area contributed by atoms with E-state index in [9.17, 15) is 5.21 Å². The molecule has 0 aliphatic heterocycles. The molecular formula is C17H20N2O2. The van der Waals surface area contributed by atoms with Crippen LogP contribution in [0.25, 0.3) is 0 Å². The highest BCUT2D eigenvalue weighted by Crippen LogP contribution is 2.31. The normalized spacial score (nSPS) is 11.4. The lowest BCUT2D eigenvalue weighted by Gasteiger charge is -2.10. The zero-order valence-electron chi connectivity index (χ0n) is 12.5. The second kappa shape index (κ2) is 7.43. The number of benzene rings is 2. The molecule has 0 saturated carbocycles. The summed E-state index contributed by atoms with van der Waals surface area (Å²) in [5.41, 5.74) is 2.17. The van der Waals surface area contributed by atoms with E-state index in [2.05, 4.69) is 12.0 Å². The Bertz CT molecular complexity index is 609. The molecule has 2 aromatic rings. The third-order valence-electron chi connectivity index (χ3n) is 3.28. The predicted octanol–water partition coefficient (Wildman–Crippen LogP) is 4.96. The maximum Gasteiger partial charge on any atom is 0.244 e. The molecule has 0 spiro atoms. The van der Waals surface area contributed by atoms with Crippen molar-refractivity contribution in [2.24, 2.45) is 5.11 Å². The monoisotopic (exact) mass is 284 g/mol. The number of methoxy groups -OCH3 is 1. The fourth-order valence-corrected chi connectivity index (χ4v) is 2.15. The zero-order valence-corrected chi connectivity index (χ0v) is 12.5. The van der Waals surface area contributed by atoms with E-state index in [1.807, 2.05) is 36.4 Å². The van der Waals surface area contributed by atoms with Gasteiger partial charge < -0.3 is 9.94 Å². The Morgan fingerprint density at radius 3 is 2.52 bits per heavy atom. The van der Waals surface area contributed by atoms with Crippen LogP contribution in [0.15, 0.2) is 53.6 Å². The lowest BCUT2D eigenvalue weighted by Crippen LogP contribution is -1.95. The molecule has 21 heavy (non-hydrogen) atoms. The minimum Gasteiger partial charge on any atom is -0.594 e. The molecule has 0 aliphatic carbocycles. The zero-order chi connectivity index (χ0) is 15.1. The quantitative estimate of drug-likeness (QED) is 0.427. The molecule has 0 unspecified atom stereocenters. The molecule has 0 radical (unpaired) electrons. The summed E-state index contributed by atoms with van der Waals surface area (Å²) < 4.78 is 5.39. The van der Waals surface area contributed by atoms with Crippen LogP contribution >= 0.6 is 0 Å². The van der Waals surface area contributed by atoms with Gasteiger partial charge in [-0.15, -0.1) is 0 Å². The molecule has 2 aromatic carbocycles. The van der Waals surface area contributed by atoms with Crippen LogP contribution in [-0.4, -0.2) is 12.0 Å². The number of hydrogen-bond donors (Lipinski definition) is 0. The second-order valence-corrected chi connectivity index (χ2v) is 4.77. The highest BCUT2D eigenvalue weighted by molar-refractivity contribution is 5.53. The van der Waals surface area contributed by atoms with Crippen molar-refractivity contribution in [2.75, 3.05) is 7.11 Å². The Hall–Kier alpha value is -2.36. The van der Waals surface area contributed by atoms with Crippen LogP contribution in [0.5, 0.6) is 5.75 Å². The Labute approximate surface area is 125 Å². The molecule has 0 N–H and O–H groups in total. The maximum atomic E-state index is 12.1. The van der Waals surface area contributed by atoms with Gasteiger partial charge in [-0.3, -0.25) is 0 Å². The third-order valence-corrected chi connectivity index (χ3v) is 3.28. The number of ether oxygens (including phenoxy) is 1. The van der Waals surface area contributed by atoms with Gasteiger partial charge in [0.2, 0.25) is 5.69 Å². The van der Waals surface area contributed by atoms with Gasteiger partial charge in [-0.05, 0) is 25.0 Å². The molecule has 110 valence electrons. The Morgan fingerprint density at radius 1 is 1.10 bits per heavy atom. The van der Waals surface area contributed by atoms with E-state index in [0.717, 1.165) is 30.6 Å². The minimum atomic E-state index is 0.516. The van der Waals surface area contributed by atoms with Crippen molar-refractivity contribution in [3.63, 3.8) is 0 Å². The lowest BCUT2D eigenvalue weighted by molar-refractivity contribution is -0.435. The molecule has 0 bridgehead atoms. The molecule has 0 heterocycles. The standard InChI is InChI=1S/C17H20N2O2/c1-3-4-11-15-16(12-8-13-17(15)21-2)18-19(20)14-9-6-5-7-10-14/h5-10,12-13H,3-4,11H2,1-2H3. The number of unbranched alkanes of at least 4 members (excludes halogenated alkanes) is 1. The number of azo groups is 1. The summed E-state index contributed by atoms with van der Waals surface area (Å²) in [6.45, 7) is 2.14. The van der Waals surface area contributed by atoms with E-state index in [-0.39, 0.29) is 0 Å². The molecular weight excluding hydrogens is 264 g/mol. The van der Waals surface area contributed by atoms with Gasteiger partial charge in [0, 0.05) is 22.8 Å². The number of rotatable bonds is 6. The smallest absolute Gasteiger partial charge is 0.244 e. The highest BCUT2D eigenvalue weighted by atomic mass is 16.5. The summed E-state index contributed by atoms with van der Waals surface area (Å²) in [5.74, 6) is 0.783. The summed E-state index contributed by atoms with van der Waals surface area (Å²) in [5, 5.41) is 16.3. The first-order valence-electron chi connectivity index (χ1n) is 7.16. The van der Waals surface area contributed by atoms with Crippen LogP contribution in [-0.2, 0) is 6.42 Å². The largest absolute Gasteiger partial charge is 0.594 e. The first-order valence-corrected chi connectivity index (χ1v) is 7.16. The van der Waals surface area contributed by atoms with Crippen LogP contribution in [0.4, 0.5) is 11.4 Å². The van der Waals surface area contributed by atoms with Crippen molar-refractivity contribution >= 4 is 11.4 Å². The van der Waals surface area contributed by atoms with Crippen molar-refractivity contribution in [3.05, 3.63) is 59.3 Å². The van der Waals surface area contributed by atoms with Gasteiger partial charge in [0.15, 0.2) is 0 Å². The van der Waals surface area contributed by atoms with E-state index in [1.165, 1.54) is 0 Å². The van der Waals surface area contributed by atoms with Gasteiger partial charge in [-0.2, -0.15) is 0 Å². The fraction of sp³-hybridized carbons (Fsp3) is 0.294. The van der Waals surface area contributed by atoms with Crippen molar-refractivity contribution in [1.82, 2.24) is 0 Å². The van der Waals surface area contributed by atoms with Gasteiger partial charge in [0.05, 0.1) is 7.11 Å². The summed E-state index contributed by atoms with van der Waals surface area (Å²) in [6.07, 6.45) is 2.96. The molecule has 0 saturated heterocycles. The maximum absolute atomic E-state index is 12.1. The highest BCUT2D eigenvalue weighted by Gasteiger charge is 2.12. The average Bonchev–Trinajstić information content (AvgIpc) is 2.54. The molecule has 2 rings (SSSR count). The van der Waals surface area contributed by atoms with Gasteiger partial charge in [-0.1, -0.05) is 42.5 Å². The van der Waals surface area contributed by atoms with Gasteiger partial charge in [0.25, 0.3) is 0 Å². The van der Waals surface area contributed by atoms with E-state index in [4.69, 9.17) is 4.74 Å². The fourth-order valence-electron chi connectivity index (χ4n) is 2.15. The molecule has 4 nitrogen and oxygen atoms in total. The van der Waals surface area contributed by atoms with Crippen molar-refractivity contribution < 1.29 is 9.60 Å². The molecule has 4 heteroatoms. The summed E-state index contributed by atoms with van der Waals surface area (Å²) in [7, 11) is 1.64. The Balaban J connectivity index is 2.38. The SMILES string of the molecule is CCCCc1c(N=[N+]([O-])c2ccccc2)cccc1OC.